The van der Waals surface area contributed by atoms with E-state index in [2.05, 4.69) is 21.2 Å². The van der Waals surface area contributed by atoms with Gasteiger partial charge in [0.15, 0.2) is 6.61 Å². The predicted molar refractivity (Wildman–Crippen MR) is 149 cm³/mol. The molecule has 3 aromatic rings. The smallest absolute Gasteiger partial charge is 0.343 e. The predicted octanol–water partition coefficient (Wildman–Crippen LogP) is 5.58. The number of methoxy groups -OCH3 is 1. The molecule has 0 aromatic heterocycles. The van der Waals surface area contributed by atoms with Crippen LogP contribution >= 0.6 is 15.9 Å². The molecule has 1 amide bonds. The van der Waals surface area contributed by atoms with Gasteiger partial charge in [0.05, 0.1) is 18.8 Å². The first kappa shape index (κ1) is 26.9. The number of ether oxygens (including phenoxy) is 2. The van der Waals surface area contributed by atoms with E-state index >= 15 is 0 Å². The number of ketones is 1. The Kier molecular flexibility index (Phi) is 8.43. The van der Waals surface area contributed by atoms with Gasteiger partial charge in [0.2, 0.25) is 5.78 Å². The molecule has 8 heteroatoms. The van der Waals surface area contributed by atoms with Gasteiger partial charge in [-0.25, -0.2) is 4.79 Å². The van der Waals surface area contributed by atoms with E-state index in [0.717, 1.165) is 21.3 Å². The Labute approximate surface area is 229 Å². The molecule has 0 radical (unpaired) electrons. The van der Waals surface area contributed by atoms with Gasteiger partial charge in [-0.1, -0.05) is 58.4 Å². The fourth-order valence-corrected chi connectivity index (χ4v) is 4.42. The van der Waals surface area contributed by atoms with Crippen molar-refractivity contribution in [2.45, 2.75) is 19.9 Å². The lowest BCUT2D eigenvalue weighted by Gasteiger charge is -2.21. The highest BCUT2D eigenvalue weighted by Gasteiger charge is 2.38. The Bertz CT molecular complexity index is 1400. The number of anilines is 1. The molecule has 0 spiro atoms. The minimum atomic E-state index is -0.679. The van der Waals surface area contributed by atoms with Gasteiger partial charge in [-0.05, 0) is 67.4 Å². The first-order chi connectivity index (χ1) is 18.3. The van der Waals surface area contributed by atoms with Crippen LogP contribution in [0.4, 0.5) is 5.69 Å². The second-order valence-electron chi connectivity index (χ2n) is 8.68. The second-order valence-corrected chi connectivity index (χ2v) is 9.60. The number of halogens is 1. The summed E-state index contributed by atoms with van der Waals surface area (Å²) in [5.74, 6) is -0.809. The number of hydrogen-bond donors (Lipinski definition) is 1. The summed E-state index contributed by atoms with van der Waals surface area (Å²) in [6.07, 6.45) is 1.71. The number of Topliss-reactive ketones (excluding diaryl/α,β-unsaturated/α-hetero) is 1. The number of amides is 1. The Morgan fingerprint density at radius 1 is 1.00 bits per heavy atom. The quantitative estimate of drug-likeness (QED) is 0.215. The van der Waals surface area contributed by atoms with Gasteiger partial charge in [-0.2, -0.15) is 0 Å². The van der Waals surface area contributed by atoms with Crippen LogP contribution in [-0.2, 0) is 19.1 Å². The van der Waals surface area contributed by atoms with Gasteiger partial charge in [0, 0.05) is 15.9 Å². The average Bonchev–Trinajstić information content (AvgIpc) is 3.17. The van der Waals surface area contributed by atoms with E-state index in [4.69, 9.17) is 9.47 Å². The lowest BCUT2D eigenvalue weighted by Crippen LogP contribution is -2.31. The number of nitrogens with zero attached hydrogens (tertiary/aromatic N) is 1. The lowest BCUT2D eigenvalue weighted by atomic mass is 10.1. The van der Waals surface area contributed by atoms with Crippen molar-refractivity contribution in [2.24, 2.45) is 0 Å². The number of esters is 1. The standard InChI is InChI=1S/C30H27BrN2O5/c1-19(22-7-5-4-6-8-22)32-27(34)18-38-25-15-9-21(10-16-25)17-26-29(35)28(30(36)37-3)20(2)33(26)24-13-11-23(31)12-14-24/h4-17,19H,18H2,1-3H3,(H,32,34)/b26-17-/t19-/m0/s1. The summed E-state index contributed by atoms with van der Waals surface area (Å²) in [6, 6.07) is 24.0. The van der Waals surface area contributed by atoms with Gasteiger partial charge in [-0.3, -0.25) is 9.59 Å². The highest BCUT2D eigenvalue weighted by molar-refractivity contribution is 9.10. The highest BCUT2D eigenvalue weighted by Crippen LogP contribution is 2.36. The number of carbonyl (C=O) groups is 3. The normalized spacial score (nSPS) is 15.0. The molecule has 4 rings (SSSR count). The van der Waals surface area contributed by atoms with Crippen molar-refractivity contribution in [2.75, 3.05) is 18.6 Å². The summed E-state index contributed by atoms with van der Waals surface area (Å²) >= 11 is 3.42. The molecule has 1 atom stereocenters. The second kappa shape index (κ2) is 11.9. The molecule has 0 bridgehead atoms. The topological polar surface area (TPSA) is 84.9 Å². The molecular formula is C30H27BrN2O5. The van der Waals surface area contributed by atoms with Crippen molar-refractivity contribution in [3.63, 3.8) is 0 Å². The third-order valence-corrected chi connectivity index (χ3v) is 6.63. The van der Waals surface area contributed by atoms with Crippen LogP contribution in [0.5, 0.6) is 5.75 Å². The fourth-order valence-electron chi connectivity index (χ4n) is 4.16. The average molecular weight is 575 g/mol. The van der Waals surface area contributed by atoms with E-state index in [-0.39, 0.29) is 24.1 Å². The summed E-state index contributed by atoms with van der Waals surface area (Å²) < 4.78 is 11.4. The summed E-state index contributed by atoms with van der Waals surface area (Å²) in [5, 5.41) is 2.92. The first-order valence-corrected chi connectivity index (χ1v) is 12.8. The van der Waals surface area contributed by atoms with E-state index in [1.807, 2.05) is 61.5 Å². The summed E-state index contributed by atoms with van der Waals surface area (Å²) in [5.41, 5.74) is 3.29. The molecule has 0 saturated heterocycles. The van der Waals surface area contributed by atoms with Crippen LogP contribution < -0.4 is 15.0 Å². The van der Waals surface area contributed by atoms with E-state index in [1.54, 1.807) is 42.2 Å². The van der Waals surface area contributed by atoms with Crippen LogP contribution in [0.1, 0.15) is 31.0 Å². The minimum absolute atomic E-state index is 0.00244. The largest absolute Gasteiger partial charge is 0.484 e. The van der Waals surface area contributed by atoms with Crippen LogP contribution in [-0.4, -0.2) is 31.4 Å². The van der Waals surface area contributed by atoms with Gasteiger partial charge < -0.3 is 19.7 Å². The maximum absolute atomic E-state index is 13.3. The van der Waals surface area contributed by atoms with Gasteiger partial charge in [0.1, 0.15) is 11.3 Å². The maximum atomic E-state index is 13.3. The van der Waals surface area contributed by atoms with Crippen LogP contribution in [0.25, 0.3) is 6.08 Å². The Morgan fingerprint density at radius 3 is 2.29 bits per heavy atom. The third-order valence-electron chi connectivity index (χ3n) is 6.10. The summed E-state index contributed by atoms with van der Waals surface area (Å²) in [4.78, 5) is 39.7. The Hall–Kier alpha value is -4.17. The molecule has 1 N–H and O–H groups in total. The zero-order valence-corrected chi connectivity index (χ0v) is 22.8. The zero-order chi connectivity index (χ0) is 27.2. The van der Waals surface area contributed by atoms with E-state index in [9.17, 15) is 14.4 Å². The molecule has 1 aliphatic heterocycles. The number of rotatable bonds is 8. The van der Waals surface area contributed by atoms with Crippen molar-refractivity contribution in [3.05, 3.63) is 111 Å². The van der Waals surface area contributed by atoms with Crippen LogP contribution in [0.3, 0.4) is 0 Å². The Morgan fingerprint density at radius 2 is 1.66 bits per heavy atom. The van der Waals surface area contributed by atoms with Crippen molar-refractivity contribution in [1.29, 1.82) is 0 Å². The third kappa shape index (κ3) is 6.03. The molecule has 0 saturated carbocycles. The monoisotopic (exact) mass is 574 g/mol. The number of carbonyl (C=O) groups excluding carboxylic acids is 3. The lowest BCUT2D eigenvalue weighted by molar-refractivity contribution is -0.137. The van der Waals surface area contributed by atoms with Gasteiger partial charge in [-0.15, -0.1) is 0 Å². The van der Waals surface area contributed by atoms with Crippen LogP contribution in [0.15, 0.2) is 100 Å². The molecular weight excluding hydrogens is 548 g/mol. The SMILES string of the molecule is COC(=O)C1=C(C)N(c2ccc(Br)cc2)/C(=C\c2ccc(OCC(=O)N[C@@H](C)c3ccccc3)cc2)C1=O. The molecule has 0 fully saturated rings. The van der Waals surface area contributed by atoms with Crippen molar-refractivity contribution >= 4 is 45.4 Å². The van der Waals surface area contributed by atoms with E-state index < -0.39 is 11.8 Å². The van der Waals surface area contributed by atoms with Gasteiger partial charge in [0.25, 0.3) is 5.91 Å². The van der Waals surface area contributed by atoms with Crippen molar-refractivity contribution in [1.82, 2.24) is 5.32 Å². The van der Waals surface area contributed by atoms with Crippen LogP contribution in [0, 0.1) is 0 Å². The number of nitrogens with one attached hydrogen (secondary N) is 1. The molecule has 38 heavy (non-hydrogen) atoms. The maximum Gasteiger partial charge on any atom is 0.343 e. The molecule has 194 valence electrons. The molecule has 7 nitrogen and oxygen atoms in total. The number of benzene rings is 3. The first-order valence-electron chi connectivity index (χ1n) is 12.0. The number of hydrogen-bond acceptors (Lipinski definition) is 6. The molecule has 0 aliphatic carbocycles. The number of allylic oxidation sites excluding steroid dienone is 2. The van der Waals surface area contributed by atoms with E-state index in [0.29, 0.717) is 17.1 Å². The molecule has 1 heterocycles. The van der Waals surface area contributed by atoms with Gasteiger partial charge >= 0.3 is 5.97 Å². The molecule has 1 aliphatic rings. The van der Waals surface area contributed by atoms with Crippen LogP contribution in [0.2, 0.25) is 0 Å². The highest BCUT2D eigenvalue weighted by atomic mass is 79.9. The molecule has 0 unspecified atom stereocenters. The zero-order valence-electron chi connectivity index (χ0n) is 21.2. The Balaban J connectivity index is 1.48. The molecule has 3 aromatic carbocycles. The fraction of sp³-hybridized carbons (Fsp3) is 0.167. The minimum Gasteiger partial charge on any atom is -0.484 e. The van der Waals surface area contributed by atoms with E-state index in [1.165, 1.54) is 7.11 Å². The van der Waals surface area contributed by atoms with Crippen molar-refractivity contribution < 1.29 is 23.9 Å². The van der Waals surface area contributed by atoms with Crippen molar-refractivity contribution in [3.8, 4) is 5.75 Å². The summed E-state index contributed by atoms with van der Waals surface area (Å²) in [6.45, 7) is 3.51. The summed E-state index contributed by atoms with van der Waals surface area (Å²) in [7, 11) is 1.25.